The van der Waals surface area contributed by atoms with Crippen molar-refractivity contribution in [2.45, 2.75) is 17.5 Å². The van der Waals surface area contributed by atoms with E-state index >= 15 is 0 Å². The second kappa shape index (κ2) is 7.38. The van der Waals surface area contributed by atoms with Gasteiger partial charge in [0.2, 0.25) is 10.3 Å². The van der Waals surface area contributed by atoms with E-state index in [-0.39, 0.29) is 5.82 Å². The van der Waals surface area contributed by atoms with Crippen LogP contribution in [0.2, 0.25) is 0 Å². The molecule has 0 saturated carbocycles. The molecule has 22 heavy (non-hydrogen) atoms. The fourth-order valence-corrected chi connectivity index (χ4v) is 3.34. The Bertz CT molecular complexity index is 714. The van der Waals surface area contributed by atoms with Crippen molar-refractivity contribution < 1.29 is 4.39 Å². The van der Waals surface area contributed by atoms with Crippen molar-refractivity contribution in [2.75, 3.05) is 5.32 Å². The molecule has 0 spiro atoms. The zero-order chi connectivity index (χ0) is 15.2. The van der Waals surface area contributed by atoms with Crippen molar-refractivity contribution in [3.8, 4) is 0 Å². The molecular formula is C16H14FN3S2. The lowest BCUT2D eigenvalue weighted by Gasteiger charge is -2.01. The Hall–Kier alpha value is -1.92. The van der Waals surface area contributed by atoms with Gasteiger partial charge in [-0.3, -0.25) is 0 Å². The molecule has 0 fully saturated rings. The maximum absolute atomic E-state index is 12.8. The molecular weight excluding hydrogens is 317 g/mol. The number of benzene rings is 2. The quantitative estimate of drug-likeness (QED) is 0.671. The zero-order valence-corrected chi connectivity index (χ0v) is 13.3. The van der Waals surface area contributed by atoms with Crippen molar-refractivity contribution in [2.24, 2.45) is 0 Å². The van der Waals surface area contributed by atoms with Crippen LogP contribution in [-0.4, -0.2) is 9.36 Å². The molecule has 3 nitrogen and oxygen atoms in total. The lowest BCUT2D eigenvalue weighted by Crippen LogP contribution is -1.98. The molecule has 0 amide bonds. The summed E-state index contributed by atoms with van der Waals surface area (Å²) in [5.41, 5.74) is 2.26. The van der Waals surface area contributed by atoms with Crippen LogP contribution >= 0.6 is 23.3 Å². The minimum atomic E-state index is -0.223. The van der Waals surface area contributed by atoms with Gasteiger partial charge in [0.15, 0.2) is 0 Å². The average Bonchev–Trinajstić information content (AvgIpc) is 3.01. The van der Waals surface area contributed by atoms with E-state index in [1.165, 1.54) is 29.2 Å². The second-order valence-corrected chi connectivity index (χ2v) is 6.33. The van der Waals surface area contributed by atoms with Gasteiger partial charge in [-0.25, -0.2) is 4.39 Å². The Morgan fingerprint density at radius 1 is 1.00 bits per heavy atom. The maximum Gasteiger partial charge on any atom is 0.203 e. The lowest BCUT2D eigenvalue weighted by atomic mass is 10.2. The lowest BCUT2D eigenvalue weighted by molar-refractivity contribution is 0.627. The van der Waals surface area contributed by atoms with Gasteiger partial charge < -0.3 is 5.32 Å². The van der Waals surface area contributed by atoms with E-state index in [0.717, 1.165) is 21.6 Å². The molecule has 1 aromatic heterocycles. The monoisotopic (exact) mass is 331 g/mol. The first-order valence-corrected chi connectivity index (χ1v) is 8.54. The highest BCUT2D eigenvalue weighted by molar-refractivity contribution is 7.98. The van der Waals surface area contributed by atoms with Crippen LogP contribution in [-0.2, 0) is 12.3 Å². The van der Waals surface area contributed by atoms with Crippen molar-refractivity contribution in [1.29, 1.82) is 0 Å². The molecule has 3 aromatic rings. The molecule has 0 aliphatic carbocycles. The molecule has 1 N–H and O–H groups in total. The maximum atomic E-state index is 12.8. The van der Waals surface area contributed by atoms with Crippen LogP contribution in [0.3, 0.4) is 0 Å². The van der Waals surface area contributed by atoms with Gasteiger partial charge in [0.25, 0.3) is 0 Å². The second-order valence-electron chi connectivity index (χ2n) is 4.64. The summed E-state index contributed by atoms with van der Waals surface area (Å²) in [5, 5.41) is 4.76. The molecule has 0 bridgehead atoms. The largest absolute Gasteiger partial charge is 0.356 e. The number of aromatic nitrogens is 2. The van der Waals surface area contributed by atoms with Crippen molar-refractivity contribution in [3.63, 3.8) is 0 Å². The first-order valence-electron chi connectivity index (χ1n) is 6.78. The summed E-state index contributed by atoms with van der Waals surface area (Å²) < 4.78 is 17.2. The molecule has 2 aromatic carbocycles. The molecule has 0 saturated heterocycles. The summed E-state index contributed by atoms with van der Waals surface area (Å²) in [5.74, 6) is 0.633. The number of thioether (sulfide) groups is 1. The number of halogens is 1. The standard InChI is InChI=1S/C16H14FN3S2/c17-14-8-6-12(7-9-14)10-18-15-19-16(20-22-15)21-11-13-4-2-1-3-5-13/h1-9H,10-11H2,(H,18,19,20). The van der Waals surface area contributed by atoms with E-state index < -0.39 is 0 Å². The number of nitrogens with one attached hydrogen (secondary N) is 1. The highest BCUT2D eigenvalue weighted by atomic mass is 32.2. The Balaban J connectivity index is 1.51. The van der Waals surface area contributed by atoms with Crippen LogP contribution in [0.15, 0.2) is 59.8 Å². The summed E-state index contributed by atoms with van der Waals surface area (Å²) in [6.45, 7) is 0.609. The van der Waals surface area contributed by atoms with Crippen LogP contribution < -0.4 is 5.32 Å². The number of nitrogens with zero attached hydrogens (tertiary/aromatic N) is 2. The van der Waals surface area contributed by atoms with Crippen LogP contribution in [0, 0.1) is 5.82 Å². The molecule has 0 aliphatic rings. The summed E-state index contributed by atoms with van der Waals surface area (Å²) in [7, 11) is 0. The zero-order valence-electron chi connectivity index (χ0n) is 11.7. The number of anilines is 1. The Labute approximate surface area is 136 Å². The minimum Gasteiger partial charge on any atom is -0.356 e. The normalized spacial score (nSPS) is 10.6. The smallest absolute Gasteiger partial charge is 0.203 e. The van der Waals surface area contributed by atoms with E-state index in [4.69, 9.17) is 0 Å². The fraction of sp³-hybridized carbons (Fsp3) is 0.125. The van der Waals surface area contributed by atoms with Gasteiger partial charge in [0, 0.05) is 23.8 Å². The van der Waals surface area contributed by atoms with Crippen LogP contribution in [0.1, 0.15) is 11.1 Å². The molecule has 0 aliphatic heterocycles. The van der Waals surface area contributed by atoms with Crippen LogP contribution in [0.5, 0.6) is 0 Å². The van der Waals surface area contributed by atoms with E-state index in [0.29, 0.717) is 6.54 Å². The number of hydrogen-bond donors (Lipinski definition) is 1. The SMILES string of the molecule is Fc1ccc(CNc2nc(SCc3ccccc3)ns2)cc1. The van der Waals surface area contributed by atoms with Gasteiger partial charge in [-0.1, -0.05) is 54.2 Å². The van der Waals surface area contributed by atoms with Gasteiger partial charge >= 0.3 is 0 Å². The number of hydrogen-bond acceptors (Lipinski definition) is 5. The van der Waals surface area contributed by atoms with Crippen LogP contribution in [0.4, 0.5) is 9.52 Å². The van der Waals surface area contributed by atoms with Gasteiger partial charge in [-0.15, -0.1) is 0 Å². The van der Waals surface area contributed by atoms with Crippen molar-refractivity contribution in [1.82, 2.24) is 9.36 Å². The van der Waals surface area contributed by atoms with E-state index in [9.17, 15) is 4.39 Å². The highest BCUT2D eigenvalue weighted by Gasteiger charge is 2.05. The first kappa shape index (κ1) is 15.0. The summed E-state index contributed by atoms with van der Waals surface area (Å²) in [6.07, 6.45) is 0. The molecule has 112 valence electrons. The van der Waals surface area contributed by atoms with E-state index in [1.54, 1.807) is 23.9 Å². The van der Waals surface area contributed by atoms with Gasteiger partial charge in [-0.05, 0) is 23.3 Å². The van der Waals surface area contributed by atoms with Gasteiger partial charge in [0.1, 0.15) is 5.82 Å². The molecule has 0 radical (unpaired) electrons. The summed E-state index contributed by atoms with van der Waals surface area (Å²) in [6, 6.07) is 16.7. The molecule has 3 rings (SSSR count). The average molecular weight is 331 g/mol. The van der Waals surface area contributed by atoms with Crippen molar-refractivity contribution >= 4 is 28.4 Å². The topological polar surface area (TPSA) is 37.8 Å². The van der Waals surface area contributed by atoms with Gasteiger partial charge in [-0.2, -0.15) is 9.36 Å². The molecule has 0 unspecified atom stereocenters. The first-order chi connectivity index (χ1) is 10.8. The van der Waals surface area contributed by atoms with Gasteiger partial charge in [0.05, 0.1) is 0 Å². The summed E-state index contributed by atoms with van der Waals surface area (Å²) in [4.78, 5) is 4.44. The van der Waals surface area contributed by atoms with E-state index in [1.807, 2.05) is 18.2 Å². The highest BCUT2D eigenvalue weighted by Crippen LogP contribution is 2.23. The predicted molar refractivity (Wildman–Crippen MR) is 89.6 cm³/mol. The molecule has 6 heteroatoms. The third kappa shape index (κ3) is 4.29. The Kier molecular flexibility index (Phi) is 5.03. The van der Waals surface area contributed by atoms with Crippen molar-refractivity contribution in [3.05, 3.63) is 71.5 Å². The molecule has 1 heterocycles. The Morgan fingerprint density at radius 3 is 2.55 bits per heavy atom. The third-order valence-corrected chi connectivity index (χ3v) is 4.68. The Morgan fingerprint density at radius 2 is 1.77 bits per heavy atom. The van der Waals surface area contributed by atoms with Crippen LogP contribution in [0.25, 0.3) is 0 Å². The number of rotatable bonds is 6. The predicted octanol–water partition coefficient (Wildman–Crippen LogP) is 4.58. The fourth-order valence-electron chi connectivity index (χ4n) is 1.84. The third-order valence-electron chi connectivity index (χ3n) is 2.98. The summed E-state index contributed by atoms with van der Waals surface area (Å²) >= 11 is 2.96. The van der Waals surface area contributed by atoms with E-state index in [2.05, 4.69) is 26.8 Å². The molecule has 0 atom stereocenters. The minimum absolute atomic E-state index is 0.223.